The molecule has 2 aliphatic rings. The van der Waals surface area contributed by atoms with Crippen molar-refractivity contribution in [2.24, 2.45) is 5.73 Å². The van der Waals surface area contributed by atoms with Crippen LogP contribution >= 0.6 is 0 Å². The van der Waals surface area contributed by atoms with Gasteiger partial charge in [0.2, 0.25) is 0 Å². The maximum Gasteiger partial charge on any atom is 0.255 e. The molecule has 0 unspecified atom stereocenters. The minimum atomic E-state index is -0.530. The van der Waals surface area contributed by atoms with E-state index < -0.39 is 6.04 Å². The molecule has 29 heavy (non-hydrogen) atoms. The van der Waals surface area contributed by atoms with Crippen LogP contribution in [-0.4, -0.2) is 28.4 Å². The number of amides is 1. The van der Waals surface area contributed by atoms with Gasteiger partial charge in [-0.1, -0.05) is 30.3 Å². The number of ketones is 2. The Balaban J connectivity index is 1.51. The molecule has 1 atom stereocenters. The van der Waals surface area contributed by atoms with Gasteiger partial charge in [-0.3, -0.25) is 14.4 Å². The highest BCUT2D eigenvalue weighted by atomic mass is 16.5. The first kappa shape index (κ1) is 19.3. The van der Waals surface area contributed by atoms with Crippen LogP contribution in [-0.2, 0) is 29.3 Å². The number of carbonyl (C=O) groups excluding carboxylic acids is 3. The lowest BCUT2D eigenvalue weighted by Gasteiger charge is -2.25. The SMILES string of the molecule is NCc1ccc(COc2cccc3c2CN([C@H]2CCCC(=O)CC2=O)C3=O)cc1. The summed E-state index contributed by atoms with van der Waals surface area (Å²) >= 11 is 0. The second-order valence-electron chi connectivity index (χ2n) is 7.61. The van der Waals surface area contributed by atoms with Gasteiger partial charge in [0.1, 0.15) is 18.1 Å². The highest BCUT2D eigenvalue weighted by Gasteiger charge is 2.38. The topological polar surface area (TPSA) is 89.7 Å². The Morgan fingerprint density at radius 2 is 1.79 bits per heavy atom. The van der Waals surface area contributed by atoms with Crippen LogP contribution in [0.3, 0.4) is 0 Å². The molecule has 1 amide bonds. The van der Waals surface area contributed by atoms with Crippen molar-refractivity contribution in [3.63, 3.8) is 0 Å². The number of hydrogen-bond donors (Lipinski definition) is 1. The monoisotopic (exact) mass is 392 g/mol. The molecule has 0 aromatic heterocycles. The average Bonchev–Trinajstić information content (AvgIpc) is 2.96. The van der Waals surface area contributed by atoms with Crippen molar-refractivity contribution in [2.75, 3.05) is 0 Å². The predicted octanol–water partition coefficient (Wildman–Crippen LogP) is 2.76. The van der Waals surface area contributed by atoms with E-state index in [2.05, 4.69) is 0 Å². The van der Waals surface area contributed by atoms with Gasteiger partial charge in [0.05, 0.1) is 19.0 Å². The molecule has 6 heteroatoms. The van der Waals surface area contributed by atoms with Crippen molar-refractivity contribution >= 4 is 17.5 Å². The summed E-state index contributed by atoms with van der Waals surface area (Å²) in [5.74, 6) is 0.298. The van der Waals surface area contributed by atoms with Gasteiger partial charge in [-0.15, -0.1) is 0 Å². The summed E-state index contributed by atoms with van der Waals surface area (Å²) in [4.78, 5) is 38.8. The number of hydrogen-bond acceptors (Lipinski definition) is 5. The van der Waals surface area contributed by atoms with Crippen LogP contribution in [0.5, 0.6) is 5.75 Å². The maximum atomic E-state index is 13.0. The Bertz CT molecular complexity index is 952. The molecular weight excluding hydrogens is 368 g/mol. The molecule has 4 rings (SSSR count). The minimum absolute atomic E-state index is 0.0358. The predicted molar refractivity (Wildman–Crippen MR) is 107 cm³/mol. The van der Waals surface area contributed by atoms with Gasteiger partial charge in [0.15, 0.2) is 5.78 Å². The number of rotatable bonds is 5. The lowest BCUT2D eigenvalue weighted by Crippen LogP contribution is -2.41. The Hall–Kier alpha value is -2.99. The quantitative estimate of drug-likeness (QED) is 0.624. The van der Waals surface area contributed by atoms with E-state index in [9.17, 15) is 14.4 Å². The molecule has 2 aromatic carbocycles. The van der Waals surface area contributed by atoms with Crippen LogP contribution < -0.4 is 10.5 Å². The van der Waals surface area contributed by atoms with Crippen molar-refractivity contribution in [3.05, 3.63) is 64.7 Å². The van der Waals surface area contributed by atoms with Gasteiger partial charge < -0.3 is 15.4 Å². The zero-order valence-electron chi connectivity index (χ0n) is 16.2. The Morgan fingerprint density at radius 3 is 2.55 bits per heavy atom. The van der Waals surface area contributed by atoms with E-state index in [1.54, 1.807) is 17.0 Å². The zero-order chi connectivity index (χ0) is 20.4. The third kappa shape index (κ3) is 3.93. The molecule has 2 aromatic rings. The molecule has 0 radical (unpaired) electrons. The minimum Gasteiger partial charge on any atom is -0.489 e. The van der Waals surface area contributed by atoms with Crippen molar-refractivity contribution < 1.29 is 19.1 Å². The largest absolute Gasteiger partial charge is 0.489 e. The van der Waals surface area contributed by atoms with E-state index in [4.69, 9.17) is 10.5 Å². The van der Waals surface area contributed by atoms with Crippen LogP contribution in [0.1, 0.15) is 52.7 Å². The lowest BCUT2D eigenvalue weighted by atomic mass is 10.1. The maximum absolute atomic E-state index is 13.0. The number of nitrogens with two attached hydrogens (primary N) is 1. The third-order valence-corrected chi connectivity index (χ3v) is 5.66. The van der Waals surface area contributed by atoms with Crippen LogP contribution in [0.15, 0.2) is 42.5 Å². The molecule has 150 valence electrons. The zero-order valence-corrected chi connectivity index (χ0v) is 16.2. The lowest BCUT2D eigenvalue weighted by molar-refractivity contribution is -0.128. The van der Waals surface area contributed by atoms with Gasteiger partial charge in [-0.25, -0.2) is 0 Å². The number of carbonyl (C=O) groups is 3. The number of ether oxygens (including phenoxy) is 1. The van der Waals surface area contributed by atoms with Crippen molar-refractivity contribution in [1.29, 1.82) is 0 Å². The second kappa shape index (κ2) is 8.17. The van der Waals surface area contributed by atoms with Crippen LogP contribution in [0.25, 0.3) is 0 Å². The van der Waals surface area contributed by atoms with Crippen molar-refractivity contribution in [3.8, 4) is 5.75 Å². The van der Waals surface area contributed by atoms with Gasteiger partial charge in [-0.05, 0) is 36.1 Å². The van der Waals surface area contributed by atoms with Gasteiger partial charge in [-0.2, -0.15) is 0 Å². The standard InChI is InChI=1S/C23H24N2O4/c24-12-15-7-9-16(10-8-15)14-29-22-6-2-4-18-19(22)13-25(23(18)28)20-5-1-3-17(26)11-21(20)27/h2,4,6-10,20H,1,3,5,11-14,24H2/t20-/m0/s1. The van der Waals surface area contributed by atoms with Gasteiger partial charge in [0.25, 0.3) is 5.91 Å². The molecule has 2 N–H and O–H groups in total. The Morgan fingerprint density at radius 1 is 1.03 bits per heavy atom. The van der Waals surface area contributed by atoms with E-state index in [-0.39, 0.29) is 23.9 Å². The van der Waals surface area contributed by atoms with Crippen molar-refractivity contribution in [2.45, 2.75) is 51.4 Å². The Labute approximate surface area is 169 Å². The number of Topliss-reactive ketones (excluding diaryl/α,β-unsaturated/α-hetero) is 2. The first-order chi connectivity index (χ1) is 14.1. The van der Waals surface area contributed by atoms with Crippen LogP contribution in [0, 0.1) is 0 Å². The van der Waals surface area contributed by atoms with Gasteiger partial charge in [0, 0.05) is 24.1 Å². The molecule has 1 aliphatic heterocycles. The molecule has 0 bridgehead atoms. The Kier molecular flexibility index (Phi) is 5.45. The number of fused-ring (bicyclic) bond motifs is 1. The highest BCUT2D eigenvalue weighted by Crippen LogP contribution is 2.34. The van der Waals surface area contributed by atoms with E-state index >= 15 is 0 Å². The van der Waals surface area contributed by atoms with E-state index in [0.717, 1.165) is 16.7 Å². The van der Waals surface area contributed by atoms with Gasteiger partial charge >= 0.3 is 0 Å². The first-order valence-electron chi connectivity index (χ1n) is 9.95. The summed E-state index contributed by atoms with van der Waals surface area (Å²) in [6.45, 7) is 1.21. The van der Waals surface area contributed by atoms with E-state index in [1.165, 1.54) is 0 Å². The fourth-order valence-electron chi connectivity index (χ4n) is 4.03. The summed E-state index contributed by atoms with van der Waals surface area (Å²) in [6.07, 6.45) is 1.51. The summed E-state index contributed by atoms with van der Waals surface area (Å²) in [6, 6.07) is 12.8. The third-order valence-electron chi connectivity index (χ3n) is 5.66. The molecule has 1 heterocycles. The molecule has 1 fully saturated rings. The summed E-state index contributed by atoms with van der Waals surface area (Å²) in [5, 5.41) is 0. The fraction of sp³-hybridized carbons (Fsp3) is 0.348. The molecule has 6 nitrogen and oxygen atoms in total. The number of benzene rings is 2. The second-order valence-corrected chi connectivity index (χ2v) is 7.61. The summed E-state index contributed by atoms with van der Waals surface area (Å²) < 4.78 is 6.01. The summed E-state index contributed by atoms with van der Waals surface area (Å²) in [7, 11) is 0. The first-order valence-corrected chi connectivity index (χ1v) is 9.95. The molecule has 1 aliphatic carbocycles. The normalized spacial score (nSPS) is 19.3. The summed E-state index contributed by atoms with van der Waals surface area (Å²) in [5.41, 5.74) is 9.08. The van der Waals surface area contributed by atoms with Crippen LogP contribution in [0.4, 0.5) is 0 Å². The van der Waals surface area contributed by atoms with Crippen molar-refractivity contribution in [1.82, 2.24) is 4.90 Å². The fourth-order valence-corrected chi connectivity index (χ4v) is 4.03. The molecule has 0 saturated heterocycles. The molecule has 0 spiro atoms. The smallest absolute Gasteiger partial charge is 0.255 e. The number of nitrogens with zero attached hydrogens (tertiary/aromatic N) is 1. The molecule has 1 saturated carbocycles. The van der Waals surface area contributed by atoms with E-state index in [1.807, 2.05) is 30.3 Å². The van der Waals surface area contributed by atoms with Crippen LogP contribution in [0.2, 0.25) is 0 Å². The highest BCUT2D eigenvalue weighted by molar-refractivity contribution is 6.06. The van der Waals surface area contributed by atoms with E-state index in [0.29, 0.717) is 50.3 Å². The molecular formula is C23H24N2O4. The average molecular weight is 392 g/mol.